The van der Waals surface area contributed by atoms with E-state index in [4.69, 9.17) is 14.4 Å². The molecule has 0 unspecified atom stereocenters. The third-order valence-corrected chi connectivity index (χ3v) is 8.94. The molecule has 0 radical (unpaired) electrons. The molecule has 3 nitrogen and oxygen atoms in total. The maximum absolute atomic E-state index is 6.57. The Hall–Kier alpha value is -5.80. The molecule has 0 spiro atoms. The van der Waals surface area contributed by atoms with E-state index >= 15 is 0 Å². The second kappa shape index (κ2) is 8.37. The second-order valence-corrected chi connectivity index (χ2v) is 11.4. The summed E-state index contributed by atoms with van der Waals surface area (Å²) in [6, 6.07) is 47.4. The molecule has 3 heteroatoms. The van der Waals surface area contributed by atoms with Crippen molar-refractivity contribution in [3.63, 3.8) is 0 Å². The fourth-order valence-electron chi connectivity index (χ4n) is 7.00. The molecule has 0 aliphatic carbocycles. The van der Waals surface area contributed by atoms with Crippen LogP contribution >= 0.6 is 0 Å². The molecule has 0 N–H and O–H groups in total. The van der Waals surface area contributed by atoms with Gasteiger partial charge in [-0.2, -0.15) is 0 Å². The maximum Gasteiger partial charge on any atom is 0.160 e. The Morgan fingerprint density at radius 3 is 1.84 bits per heavy atom. The van der Waals surface area contributed by atoms with Crippen LogP contribution in [0.5, 0.6) is 0 Å². The van der Waals surface area contributed by atoms with E-state index in [2.05, 4.69) is 115 Å². The average Bonchev–Trinajstić information content (AvgIpc) is 3.46. The van der Waals surface area contributed by atoms with Crippen LogP contribution in [0.3, 0.4) is 0 Å². The smallest absolute Gasteiger partial charge is 0.160 e. The molecule has 10 aromatic rings. The van der Waals surface area contributed by atoms with Crippen molar-refractivity contribution in [3.05, 3.63) is 133 Å². The standard InChI is InChI=1S/C40H22N2O/c1-2-8-23(9-3-1)40-41-33-22-34(42-40)31-16-6-14-29-30-15-7-17-35-38(30)39-32(37(29)31)20-28(21-36(39)43-35)26-12-4-10-24(18-26)25-11-5-13-27(33)19-25/h1-22H. The van der Waals surface area contributed by atoms with Gasteiger partial charge in [-0.15, -0.1) is 0 Å². The molecule has 0 aliphatic rings. The van der Waals surface area contributed by atoms with Crippen LogP contribution in [-0.2, 0) is 0 Å². The van der Waals surface area contributed by atoms with E-state index in [-0.39, 0.29) is 0 Å². The molecule has 8 aromatic carbocycles. The minimum Gasteiger partial charge on any atom is -0.456 e. The topological polar surface area (TPSA) is 38.9 Å². The predicted molar refractivity (Wildman–Crippen MR) is 180 cm³/mol. The highest BCUT2D eigenvalue weighted by Gasteiger charge is 2.19. The fraction of sp³-hybridized carbons (Fsp3) is 0. The summed E-state index contributed by atoms with van der Waals surface area (Å²) in [4.78, 5) is 10.4. The molecule has 8 bridgehead atoms. The van der Waals surface area contributed by atoms with Gasteiger partial charge in [-0.1, -0.05) is 97.1 Å². The lowest BCUT2D eigenvalue weighted by molar-refractivity contribution is 0.670. The Labute approximate surface area is 245 Å². The number of fused-ring (bicyclic) bond motifs is 12. The number of rotatable bonds is 1. The second-order valence-electron chi connectivity index (χ2n) is 11.4. The number of benzene rings is 7. The molecule has 0 amide bonds. The van der Waals surface area contributed by atoms with Crippen molar-refractivity contribution in [3.8, 4) is 11.4 Å². The van der Waals surface area contributed by atoms with E-state index in [1.54, 1.807) is 0 Å². The molecule has 2 heterocycles. The molecular formula is C40H22N2O. The first-order valence-corrected chi connectivity index (χ1v) is 14.6. The number of furan rings is 1. The van der Waals surface area contributed by atoms with E-state index in [0.29, 0.717) is 5.82 Å². The van der Waals surface area contributed by atoms with Crippen molar-refractivity contribution >= 4 is 86.8 Å². The molecule has 0 saturated heterocycles. The summed E-state index contributed by atoms with van der Waals surface area (Å²) in [6.07, 6.45) is 0. The Morgan fingerprint density at radius 2 is 1.00 bits per heavy atom. The van der Waals surface area contributed by atoms with Gasteiger partial charge in [0.1, 0.15) is 11.2 Å². The zero-order chi connectivity index (χ0) is 28.1. The van der Waals surface area contributed by atoms with Gasteiger partial charge in [-0.3, -0.25) is 0 Å². The highest BCUT2D eigenvalue weighted by atomic mass is 16.3. The molecule has 43 heavy (non-hydrogen) atoms. The SMILES string of the molecule is c1ccc(-c2nc3cc(n2)c2cccc4c5cccc6oc7cc(cc(c24)c7c65)c2cccc(c2)c2cccc3c2)cc1. The molecule has 10 rings (SSSR count). The first-order valence-electron chi connectivity index (χ1n) is 14.6. The lowest BCUT2D eigenvalue weighted by atomic mass is 9.91. The van der Waals surface area contributed by atoms with Crippen molar-refractivity contribution < 1.29 is 4.42 Å². The Kier molecular flexibility index (Phi) is 4.45. The van der Waals surface area contributed by atoms with Gasteiger partial charge in [0.15, 0.2) is 5.82 Å². The maximum atomic E-state index is 6.57. The minimum absolute atomic E-state index is 0.714. The molecule has 0 atom stereocenters. The van der Waals surface area contributed by atoms with Gasteiger partial charge < -0.3 is 4.42 Å². The highest BCUT2D eigenvalue weighted by Crippen LogP contribution is 2.45. The largest absolute Gasteiger partial charge is 0.456 e. The minimum atomic E-state index is 0.714. The molecule has 0 saturated carbocycles. The van der Waals surface area contributed by atoms with Crippen LogP contribution in [0.2, 0.25) is 0 Å². The third kappa shape index (κ3) is 3.25. The van der Waals surface area contributed by atoms with E-state index < -0.39 is 0 Å². The van der Waals surface area contributed by atoms with Crippen molar-refractivity contribution in [2.75, 3.05) is 0 Å². The van der Waals surface area contributed by atoms with Gasteiger partial charge in [-0.25, -0.2) is 9.97 Å². The first-order chi connectivity index (χ1) is 21.3. The van der Waals surface area contributed by atoms with Gasteiger partial charge >= 0.3 is 0 Å². The molecule has 0 aliphatic heterocycles. The van der Waals surface area contributed by atoms with Crippen LogP contribution in [-0.4, -0.2) is 9.97 Å². The molecule has 0 fully saturated rings. The Balaban J connectivity index is 1.56. The van der Waals surface area contributed by atoms with Gasteiger partial charge in [0.05, 0.1) is 11.0 Å². The van der Waals surface area contributed by atoms with Crippen molar-refractivity contribution in [1.82, 2.24) is 9.97 Å². The van der Waals surface area contributed by atoms with Gasteiger partial charge in [0.2, 0.25) is 0 Å². The summed E-state index contributed by atoms with van der Waals surface area (Å²) >= 11 is 0. The first kappa shape index (κ1) is 22.8. The summed E-state index contributed by atoms with van der Waals surface area (Å²) in [7, 11) is 0. The third-order valence-electron chi connectivity index (χ3n) is 8.94. The lowest BCUT2D eigenvalue weighted by Crippen LogP contribution is -1.91. The van der Waals surface area contributed by atoms with Crippen LogP contribution in [0.4, 0.5) is 0 Å². The van der Waals surface area contributed by atoms with E-state index in [9.17, 15) is 0 Å². The number of nitrogens with zero attached hydrogens (tertiary/aromatic N) is 2. The van der Waals surface area contributed by atoms with E-state index in [1.165, 1.54) is 32.3 Å². The zero-order valence-electron chi connectivity index (χ0n) is 23.0. The summed E-state index contributed by atoms with van der Waals surface area (Å²) in [5.41, 5.74) is 4.62. The Morgan fingerprint density at radius 1 is 0.372 bits per heavy atom. The van der Waals surface area contributed by atoms with Crippen LogP contribution < -0.4 is 0 Å². The number of aromatic nitrogens is 2. The summed E-state index contributed by atoms with van der Waals surface area (Å²) in [5.74, 6) is 0.714. The van der Waals surface area contributed by atoms with Crippen molar-refractivity contribution in [2.45, 2.75) is 0 Å². The molecule has 198 valence electrons. The van der Waals surface area contributed by atoms with Crippen LogP contribution in [0.1, 0.15) is 0 Å². The average molecular weight is 547 g/mol. The van der Waals surface area contributed by atoms with Gasteiger partial charge in [0.25, 0.3) is 0 Å². The Bertz CT molecular complexity index is 2780. The monoisotopic (exact) mass is 546 g/mol. The van der Waals surface area contributed by atoms with E-state index in [0.717, 1.165) is 60.1 Å². The van der Waals surface area contributed by atoms with Crippen LogP contribution in [0.25, 0.3) is 98.2 Å². The van der Waals surface area contributed by atoms with Gasteiger partial charge in [0, 0.05) is 27.1 Å². The van der Waals surface area contributed by atoms with Gasteiger partial charge in [-0.05, 0) is 79.5 Å². The lowest BCUT2D eigenvalue weighted by Gasteiger charge is -2.11. The fourth-order valence-corrected chi connectivity index (χ4v) is 7.00. The van der Waals surface area contributed by atoms with Crippen LogP contribution in [0.15, 0.2) is 138 Å². The predicted octanol–water partition coefficient (Wildman–Crippen LogP) is 11.0. The van der Waals surface area contributed by atoms with Crippen LogP contribution in [0, 0.1) is 0 Å². The normalized spacial score (nSPS) is 12.2. The number of hydrogen-bond donors (Lipinski definition) is 0. The summed E-state index contributed by atoms with van der Waals surface area (Å²) in [5, 5.41) is 13.9. The molecule has 2 aromatic heterocycles. The zero-order valence-corrected chi connectivity index (χ0v) is 23.0. The van der Waals surface area contributed by atoms with E-state index in [1.807, 2.05) is 18.2 Å². The van der Waals surface area contributed by atoms with Crippen molar-refractivity contribution in [2.24, 2.45) is 0 Å². The van der Waals surface area contributed by atoms with Crippen molar-refractivity contribution in [1.29, 1.82) is 0 Å². The number of hydrogen-bond acceptors (Lipinski definition) is 3. The highest BCUT2D eigenvalue weighted by molar-refractivity contribution is 6.37. The molecular weight excluding hydrogens is 524 g/mol. The summed E-state index contributed by atoms with van der Waals surface area (Å²) in [6.45, 7) is 0. The quantitative estimate of drug-likeness (QED) is 0.192. The summed E-state index contributed by atoms with van der Waals surface area (Å²) < 4.78 is 6.57.